The molecule has 6 nitrogen and oxygen atoms in total. The SMILES string of the molecule is CCNC(=NCc1ccc(C)s1)N1CCN(C(=O)c2ccco2)CC1.I. The Hall–Kier alpha value is -1.55. The Labute approximate surface area is 175 Å². The summed E-state index contributed by atoms with van der Waals surface area (Å²) < 4.78 is 5.21. The predicted octanol–water partition coefficient (Wildman–Crippen LogP) is 3.19. The maximum atomic E-state index is 12.3. The van der Waals surface area contributed by atoms with E-state index in [0.29, 0.717) is 25.4 Å². The van der Waals surface area contributed by atoms with Crippen molar-refractivity contribution in [2.75, 3.05) is 32.7 Å². The number of amides is 1. The number of carbonyl (C=O) groups excluding carboxylic acids is 1. The fraction of sp³-hybridized carbons (Fsp3) is 0.444. The van der Waals surface area contributed by atoms with Gasteiger partial charge >= 0.3 is 0 Å². The molecule has 2 aromatic rings. The highest BCUT2D eigenvalue weighted by Gasteiger charge is 2.25. The van der Waals surface area contributed by atoms with Crippen LogP contribution in [0.4, 0.5) is 0 Å². The number of guanidine groups is 1. The van der Waals surface area contributed by atoms with E-state index in [1.807, 2.05) is 4.90 Å². The quantitative estimate of drug-likeness (QED) is 0.408. The standard InChI is InChI=1S/C18H24N4O2S.HI/c1-3-19-18(20-13-15-7-6-14(2)25-15)22-10-8-21(9-11-22)17(23)16-5-4-12-24-16;/h4-7,12H,3,8-11,13H2,1-2H3,(H,19,20);1H. The molecule has 1 aliphatic rings. The van der Waals surface area contributed by atoms with Crippen molar-refractivity contribution in [3.63, 3.8) is 0 Å². The summed E-state index contributed by atoms with van der Waals surface area (Å²) in [7, 11) is 0. The minimum Gasteiger partial charge on any atom is -0.459 e. The maximum Gasteiger partial charge on any atom is 0.289 e. The van der Waals surface area contributed by atoms with Gasteiger partial charge in [0.25, 0.3) is 5.91 Å². The summed E-state index contributed by atoms with van der Waals surface area (Å²) in [5.74, 6) is 1.28. The lowest BCUT2D eigenvalue weighted by atomic mass is 10.3. The first-order valence-electron chi connectivity index (χ1n) is 8.58. The molecule has 8 heteroatoms. The van der Waals surface area contributed by atoms with Crippen molar-refractivity contribution in [2.24, 2.45) is 4.99 Å². The van der Waals surface area contributed by atoms with Crippen molar-refractivity contribution in [1.29, 1.82) is 0 Å². The van der Waals surface area contributed by atoms with Crippen LogP contribution < -0.4 is 5.32 Å². The van der Waals surface area contributed by atoms with Gasteiger partial charge < -0.3 is 19.5 Å². The summed E-state index contributed by atoms with van der Waals surface area (Å²) >= 11 is 1.78. The molecule has 0 radical (unpaired) electrons. The Morgan fingerprint density at radius 1 is 1.23 bits per heavy atom. The molecule has 0 saturated carbocycles. The van der Waals surface area contributed by atoms with E-state index >= 15 is 0 Å². The summed E-state index contributed by atoms with van der Waals surface area (Å²) in [6.45, 7) is 8.56. The molecule has 0 unspecified atom stereocenters. The van der Waals surface area contributed by atoms with Crippen molar-refractivity contribution >= 4 is 47.2 Å². The van der Waals surface area contributed by atoms with Gasteiger partial charge in [0.15, 0.2) is 11.7 Å². The third-order valence-corrected chi connectivity index (χ3v) is 5.10. The second-order valence-electron chi connectivity index (χ2n) is 5.94. The topological polar surface area (TPSA) is 61.1 Å². The minimum absolute atomic E-state index is 0. The third-order valence-electron chi connectivity index (χ3n) is 4.11. The van der Waals surface area contributed by atoms with Gasteiger partial charge in [-0.25, -0.2) is 4.99 Å². The van der Waals surface area contributed by atoms with E-state index in [2.05, 4.69) is 36.2 Å². The van der Waals surface area contributed by atoms with Crippen LogP contribution >= 0.6 is 35.3 Å². The molecular formula is C18H25IN4O2S. The Bertz CT molecular complexity index is 721. The molecule has 26 heavy (non-hydrogen) atoms. The van der Waals surface area contributed by atoms with Gasteiger partial charge in [0.05, 0.1) is 12.8 Å². The molecule has 142 valence electrons. The number of hydrogen-bond donors (Lipinski definition) is 1. The highest BCUT2D eigenvalue weighted by Crippen LogP contribution is 2.16. The van der Waals surface area contributed by atoms with Gasteiger partial charge in [-0.15, -0.1) is 35.3 Å². The van der Waals surface area contributed by atoms with Crippen LogP contribution in [-0.4, -0.2) is 54.4 Å². The van der Waals surface area contributed by atoms with Gasteiger partial charge in [0.1, 0.15) is 0 Å². The summed E-state index contributed by atoms with van der Waals surface area (Å²) in [5.41, 5.74) is 0. The number of hydrogen-bond acceptors (Lipinski definition) is 4. The van der Waals surface area contributed by atoms with E-state index in [1.54, 1.807) is 23.5 Å². The molecule has 1 N–H and O–H groups in total. The Balaban J connectivity index is 0.00000243. The summed E-state index contributed by atoms with van der Waals surface area (Å²) in [4.78, 5) is 23.7. The number of thiophene rings is 1. The van der Waals surface area contributed by atoms with Gasteiger partial charge in [-0.05, 0) is 38.1 Å². The van der Waals surface area contributed by atoms with Crippen LogP contribution in [0, 0.1) is 6.92 Å². The first-order chi connectivity index (χ1) is 12.2. The van der Waals surface area contributed by atoms with E-state index in [1.165, 1.54) is 16.0 Å². The molecule has 0 aliphatic carbocycles. The van der Waals surface area contributed by atoms with E-state index < -0.39 is 0 Å². The molecule has 1 aliphatic heterocycles. The summed E-state index contributed by atoms with van der Waals surface area (Å²) in [6.07, 6.45) is 1.53. The normalized spacial score (nSPS) is 14.9. The van der Waals surface area contributed by atoms with Gasteiger partial charge in [0.2, 0.25) is 0 Å². The lowest BCUT2D eigenvalue weighted by molar-refractivity contribution is 0.0657. The zero-order valence-corrected chi connectivity index (χ0v) is 18.3. The van der Waals surface area contributed by atoms with Crippen molar-refractivity contribution < 1.29 is 9.21 Å². The third kappa shape index (κ3) is 5.23. The minimum atomic E-state index is -0.0411. The van der Waals surface area contributed by atoms with Crippen molar-refractivity contribution in [3.05, 3.63) is 46.0 Å². The Morgan fingerprint density at radius 2 is 1.96 bits per heavy atom. The van der Waals surface area contributed by atoms with Gasteiger partial charge in [-0.2, -0.15) is 0 Å². The molecule has 0 spiro atoms. The molecule has 1 fully saturated rings. The molecule has 1 saturated heterocycles. The Morgan fingerprint density at radius 3 is 2.54 bits per heavy atom. The van der Waals surface area contributed by atoms with Crippen LogP contribution in [0.3, 0.4) is 0 Å². The first kappa shape index (κ1) is 20.8. The number of nitrogens with zero attached hydrogens (tertiary/aromatic N) is 3. The fourth-order valence-electron chi connectivity index (χ4n) is 2.83. The molecule has 0 aromatic carbocycles. The van der Waals surface area contributed by atoms with Crippen molar-refractivity contribution in [1.82, 2.24) is 15.1 Å². The van der Waals surface area contributed by atoms with Crippen LogP contribution in [-0.2, 0) is 6.54 Å². The van der Waals surface area contributed by atoms with Crippen LogP contribution in [0.5, 0.6) is 0 Å². The van der Waals surface area contributed by atoms with Crippen LogP contribution in [0.1, 0.15) is 27.2 Å². The zero-order valence-electron chi connectivity index (χ0n) is 15.1. The number of furan rings is 1. The van der Waals surface area contributed by atoms with Gasteiger partial charge in [0, 0.05) is 42.5 Å². The monoisotopic (exact) mass is 488 g/mol. The second-order valence-corrected chi connectivity index (χ2v) is 7.31. The molecule has 0 atom stereocenters. The maximum absolute atomic E-state index is 12.3. The van der Waals surface area contributed by atoms with Crippen LogP contribution in [0.15, 0.2) is 39.9 Å². The smallest absolute Gasteiger partial charge is 0.289 e. The van der Waals surface area contributed by atoms with E-state index in [9.17, 15) is 4.79 Å². The first-order valence-corrected chi connectivity index (χ1v) is 9.40. The average Bonchev–Trinajstić information content (AvgIpc) is 3.30. The zero-order chi connectivity index (χ0) is 17.6. The molecule has 1 amide bonds. The molecule has 3 rings (SSSR count). The van der Waals surface area contributed by atoms with Crippen LogP contribution in [0.25, 0.3) is 0 Å². The van der Waals surface area contributed by atoms with Crippen molar-refractivity contribution in [3.8, 4) is 0 Å². The number of halogens is 1. The number of aliphatic imine (C=N–C) groups is 1. The lowest BCUT2D eigenvalue weighted by Crippen LogP contribution is -2.53. The fourth-order valence-corrected chi connectivity index (χ4v) is 3.64. The summed E-state index contributed by atoms with van der Waals surface area (Å²) in [5, 5.41) is 3.36. The molecular weight excluding hydrogens is 463 g/mol. The Kier molecular flexibility index (Phi) is 7.95. The number of rotatable bonds is 4. The number of carbonyl (C=O) groups is 1. The summed E-state index contributed by atoms with van der Waals surface area (Å²) in [6, 6.07) is 7.71. The molecule has 2 aromatic heterocycles. The largest absolute Gasteiger partial charge is 0.459 e. The second kappa shape index (κ2) is 9.96. The van der Waals surface area contributed by atoms with Gasteiger partial charge in [-0.3, -0.25) is 4.79 Å². The van der Waals surface area contributed by atoms with Crippen LogP contribution in [0.2, 0.25) is 0 Å². The number of aryl methyl sites for hydroxylation is 1. The highest BCUT2D eigenvalue weighted by atomic mass is 127. The van der Waals surface area contributed by atoms with Gasteiger partial charge in [-0.1, -0.05) is 0 Å². The van der Waals surface area contributed by atoms with Crippen molar-refractivity contribution in [2.45, 2.75) is 20.4 Å². The lowest BCUT2D eigenvalue weighted by Gasteiger charge is -2.36. The van der Waals surface area contributed by atoms with E-state index in [4.69, 9.17) is 9.41 Å². The van der Waals surface area contributed by atoms with E-state index in [0.717, 1.165) is 25.6 Å². The molecule has 3 heterocycles. The predicted molar refractivity (Wildman–Crippen MR) is 115 cm³/mol. The average molecular weight is 488 g/mol. The molecule has 0 bridgehead atoms. The number of piperazine rings is 1. The van der Waals surface area contributed by atoms with E-state index in [-0.39, 0.29) is 29.9 Å². The highest BCUT2D eigenvalue weighted by molar-refractivity contribution is 14.0. The number of nitrogens with one attached hydrogen (secondary N) is 1.